The van der Waals surface area contributed by atoms with Gasteiger partial charge in [-0.2, -0.15) is 0 Å². The van der Waals surface area contributed by atoms with Gasteiger partial charge in [-0.15, -0.1) is 0 Å². The Morgan fingerprint density at radius 1 is 1.23 bits per heavy atom. The number of rotatable bonds is 6. The summed E-state index contributed by atoms with van der Waals surface area (Å²) in [7, 11) is -2.42. The molecule has 30 heavy (non-hydrogen) atoms. The van der Waals surface area contributed by atoms with Crippen LogP contribution in [0.1, 0.15) is 5.56 Å². The number of carbonyl (C=O) groups excluding carboxylic acids is 1. The number of hydrogen-bond donors (Lipinski definition) is 2. The minimum Gasteiger partial charge on any atom is -0.324 e. The average molecular weight is 431 g/mol. The molecule has 0 atom stereocenters. The highest BCUT2D eigenvalue weighted by atomic mass is 32.2. The summed E-state index contributed by atoms with van der Waals surface area (Å²) in [5.41, 5.74) is 0.165. The van der Waals surface area contributed by atoms with Gasteiger partial charge in [-0.05, 0) is 37.7 Å². The summed E-state index contributed by atoms with van der Waals surface area (Å²) < 4.78 is 27.4. The Kier molecular flexibility index (Phi) is 5.62. The van der Waals surface area contributed by atoms with Crippen LogP contribution in [0.25, 0.3) is 10.9 Å². The fraction of sp³-hybridized carbons (Fsp3) is 0.167. The largest absolute Gasteiger partial charge is 0.324 e. The molecular weight excluding hydrogens is 414 g/mol. The number of nitrogens with one attached hydrogen (secondary N) is 2. The van der Waals surface area contributed by atoms with Gasteiger partial charge in [-0.25, -0.2) is 18.1 Å². The maximum atomic E-state index is 12.6. The number of hydrogen-bond acceptors (Lipinski definition) is 7. The lowest BCUT2D eigenvalue weighted by molar-refractivity contribution is -0.384. The van der Waals surface area contributed by atoms with Gasteiger partial charge < -0.3 is 5.32 Å². The van der Waals surface area contributed by atoms with E-state index in [0.29, 0.717) is 5.56 Å². The molecule has 1 aromatic heterocycles. The zero-order valence-electron chi connectivity index (χ0n) is 15.9. The van der Waals surface area contributed by atoms with Crippen molar-refractivity contribution < 1.29 is 18.1 Å². The van der Waals surface area contributed by atoms with E-state index in [2.05, 4.69) is 15.0 Å². The average Bonchev–Trinajstić information content (AvgIpc) is 2.71. The molecule has 0 saturated carbocycles. The summed E-state index contributed by atoms with van der Waals surface area (Å²) in [5, 5.41) is 13.5. The van der Waals surface area contributed by atoms with Gasteiger partial charge in [0.15, 0.2) is 0 Å². The van der Waals surface area contributed by atoms with E-state index in [9.17, 15) is 28.1 Å². The minimum absolute atomic E-state index is 0.0222. The minimum atomic E-state index is -3.70. The molecule has 0 unspecified atom stereocenters. The molecule has 0 aliphatic heterocycles. The molecule has 3 aromatic rings. The summed E-state index contributed by atoms with van der Waals surface area (Å²) in [5.74, 6) is -0.572. The molecule has 156 valence electrons. The summed E-state index contributed by atoms with van der Waals surface area (Å²) in [6.45, 7) is 1.25. The molecule has 2 N–H and O–H groups in total. The standard InChI is InChI=1S/C18H17N5O6S/c1-11-3-4-12(7-16(11)30(28,29)19-2)21-17(24)9-22-10-20-15-8-13(23(26)27)5-6-14(15)18(22)25/h3-8,10,19H,9H2,1-2H3,(H,21,24). The molecule has 0 fully saturated rings. The van der Waals surface area contributed by atoms with Crippen LogP contribution in [0.5, 0.6) is 0 Å². The fourth-order valence-corrected chi connectivity index (χ4v) is 3.80. The van der Waals surface area contributed by atoms with Gasteiger partial charge in [0.25, 0.3) is 11.2 Å². The van der Waals surface area contributed by atoms with Crippen LogP contribution in [0.15, 0.2) is 52.4 Å². The maximum Gasteiger partial charge on any atom is 0.271 e. The number of anilines is 1. The predicted octanol–water partition coefficient (Wildman–Crippen LogP) is 1.16. The smallest absolute Gasteiger partial charge is 0.271 e. The van der Waals surface area contributed by atoms with E-state index < -0.39 is 26.4 Å². The van der Waals surface area contributed by atoms with E-state index in [4.69, 9.17) is 0 Å². The van der Waals surface area contributed by atoms with Crippen molar-refractivity contribution in [3.05, 3.63) is 68.8 Å². The number of fused-ring (bicyclic) bond motifs is 1. The van der Waals surface area contributed by atoms with Crippen LogP contribution in [0.4, 0.5) is 11.4 Å². The van der Waals surface area contributed by atoms with Crippen molar-refractivity contribution in [1.29, 1.82) is 0 Å². The van der Waals surface area contributed by atoms with Gasteiger partial charge in [-0.3, -0.25) is 24.3 Å². The fourth-order valence-electron chi connectivity index (χ4n) is 2.81. The summed E-state index contributed by atoms with van der Waals surface area (Å²) >= 11 is 0. The third-order valence-electron chi connectivity index (χ3n) is 4.36. The van der Waals surface area contributed by atoms with Crippen molar-refractivity contribution in [2.45, 2.75) is 18.4 Å². The van der Waals surface area contributed by atoms with Crippen molar-refractivity contribution in [1.82, 2.24) is 14.3 Å². The van der Waals surface area contributed by atoms with E-state index in [1.165, 1.54) is 31.3 Å². The number of nitro benzene ring substituents is 1. The molecule has 0 aliphatic rings. The molecule has 0 aliphatic carbocycles. The Bertz CT molecular complexity index is 1330. The van der Waals surface area contributed by atoms with E-state index in [1.807, 2.05) is 0 Å². The van der Waals surface area contributed by atoms with Crippen molar-refractivity contribution in [3.8, 4) is 0 Å². The van der Waals surface area contributed by atoms with Gasteiger partial charge in [0.05, 0.1) is 27.0 Å². The van der Waals surface area contributed by atoms with Gasteiger partial charge in [0, 0.05) is 17.8 Å². The SMILES string of the molecule is CNS(=O)(=O)c1cc(NC(=O)Cn2cnc3cc([N+](=O)[O-])ccc3c2=O)ccc1C. The Morgan fingerprint density at radius 2 is 1.97 bits per heavy atom. The van der Waals surface area contributed by atoms with Crippen LogP contribution in [-0.4, -0.2) is 35.8 Å². The van der Waals surface area contributed by atoms with E-state index in [-0.39, 0.29) is 33.7 Å². The Labute approximate surface area is 170 Å². The van der Waals surface area contributed by atoms with E-state index in [1.54, 1.807) is 19.1 Å². The van der Waals surface area contributed by atoms with Crippen LogP contribution >= 0.6 is 0 Å². The first-order valence-corrected chi connectivity index (χ1v) is 10.1. The van der Waals surface area contributed by atoms with Gasteiger partial charge in [0.2, 0.25) is 15.9 Å². The van der Waals surface area contributed by atoms with Gasteiger partial charge >= 0.3 is 0 Å². The first-order chi connectivity index (χ1) is 14.1. The molecule has 0 saturated heterocycles. The molecule has 0 radical (unpaired) electrons. The number of non-ortho nitro benzene ring substituents is 1. The van der Waals surface area contributed by atoms with Crippen LogP contribution in [0, 0.1) is 17.0 Å². The highest BCUT2D eigenvalue weighted by molar-refractivity contribution is 7.89. The van der Waals surface area contributed by atoms with Crippen LogP contribution < -0.4 is 15.6 Å². The first kappa shape index (κ1) is 21.1. The molecule has 11 nitrogen and oxygen atoms in total. The van der Waals surface area contributed by atoms with Crippen LogP contribution in [-0.2, 0) is 21.4 Å². The molecule has 1 amide bonds. The van der Waals surface area contributed by atoms with Crippen LogP contribution in [0.2, 0.25) is 0 Å². The zero-order valence-corrected chi connectivity index (χ0v) is 16.8. The van der Waals surface area contributed by atoms with Gasteiger partial charge in [0.1, 0.15) is 6.54 Å². The topological polar surface area (TPSA) is 153 Å². The quantitative estimate of drug-likeness (QED) is 0.438. The summed E-state index contributed by atoms with van der Waals surface area (Å²) in [4.78, 5) is 39.2. The van der Waals surface area contributed by atoms with Crippen molar-refractivity contribution in [3.63, 3.8) is 0 Å². The maximum absolute atomic E-state index is 12.6. The van der Waals surface area contributed by atoms with E-state index in [0.717, 1.165) is 10.9 Å². The van der Waals surface area contributed by atoms with E-state index >= 15 is 0 Å². The molecule has 12 heteroatoms. The molecule has 0 spiro atoms. The zero-order chi connectivity index (χ0) is 22.1. The van der Waals surface area contributed by atoms with Crippen molar-refractivity contribution >= 4 is 38.2 Å². The Hall–Kier alpha value is -3.64. The lowest BCUT2D eigenvalue weighted by Gasteiger charge is -2.11. The molecule has 0 bridgehead atoms. The lowest BCUT2D eigenvalue weighted by Crippen LogP contribution is -2.28. The first-order valence-electron chi connectivity index (χ1n) is 8.60. The monoisotopic (exact) mass is 431 g/mol. The number of sulfonamides is 1. The molecular formula is C18H17N5O6S. The molecule has 2 aromatic carbocycles. The number of carbonyl (C=O) groups is 1. The highest BCUT2D eigenvalue weighted by Crippen LogP contribution is 2.20. The second-order valence-electron chi connectivity index (χ2n) is 6.37. The highest BCUT2D eigenvalue weighted by Gasteiger charge is 2.16. The third-order valence-corrected chi connectivity index (χ3v) is 5.92. The lowest BCUT2D eigenvalue weighted by atomic mass is 10.2. The second-order valence-corrected chi connectivity index (χ2v) is 8.23. The third kappa shape index (κ3) is 4.18. The summed E-state index contributed by atoms with van der Waals surface area (Å²) in [6, 6.07) is 8.06. The number of nitrogens with zero attached hydrogens (tertiary/aromatic N) is 3. The predicted molar refractivity (Wildman–Crippen MR) is 109 cm³/mol. The number of amides is 1. The Morgan fingerprint density at radius 3 is 2.63 bits per heavy atom. The second kappa shape index (κ2) is 8.00. The molecule has 1 heterocycles. The number of aromatic nitrogens is 2. The van der Waals surface area contributed by atoms with Gasteiger partial charge in [-0.1, -0.05) is 6.07 Å². The normalized spacial score (nSPS) is 11.4. The molecule has 3 rings (SSSR count). The van der Waals surface area contributed by atoms with Crippen molar-refractivity contribution in [2.75, 3.05) is 12.4 Å². The van der Waals surface area contributed by atoms with Crippen molar-refractivity contribution in [2.24, 2.45) is 0 Å². The number of benzene rings is 2. The Balaban J connectivity index is 1.85. The number of nitro groups is 1. The summed E-state index contributed by atoms with van der Waals surface area (Å²) in [6.07, 6.45) is 1.13. The number of aryl methyl sites for hydroxylation is 1. The van der Waals surface area contributed by atoms with Crippen LogP contribution in [0.3, 0.4) is 0 Å².